The van der Waals surface area contributed by atoms with Crippen LogP contribution < -0.4 is 5.32 Å². The first-order chi connectivity index (χ1) is 9.97. The molecule has 1 aromatic heterocycles. The van der Waals surface area contributed by atoms with E-state index < -0.39 is 4.92 Å². The molecule has 6 heteroatoms. The molecule has 0 radical (unpaired) electrons. The van der Waals surface area contributed by atoms with Gasteiger partial charge in [-0.3, -0.25) is 14.9 Å². The molecular formula is C15H16N2O4. The lowest BCUT2D eigenvalue weighted by atomic mass is 10.1. The topological polar surface area (TPSA) is 85.4 Å². The van der Waals surface area contributed by atoms with E-state index in [9.17, 15) is 14.9 Å². The molecule has 1 amide bonds. The number of nitro benzene ring substituents is 1. The molecule has 0 bridgehead atoms. The van der Waals surface area contributed by atoms with Crippen molar-refractivity contribution in [1.82, 2.24) is 5.32 Å². The number of benzene rings is 1. The fourth-order valence-corrected chi connectivity index (χ4v) is 2.12. The first kappa shape index (κ1) is 14.8. The summed E-state index contributed by atoms with van der Waals surface area (Å²) in [5, 5.41) is 13.6. The lowest BCUT2D eigenvalue weighted by molar-refractivity contribution is -0.385. The molecule has 6 nitrogen and oxygen atoms in total. The summed E-state index contributed by atoms with van der Waals surface area (Å²) in [6.07, 6.45) is 3.89. The number of aryl methyl sites for hydroxylation is 1. The molecule has 0 saturated carbocycles. The highest BCUT2D eigenvalue weighted by molar-refractivity contribution is 5.94. The van der Waals surface area contributed by atoms with Crippen molar-refractivity contribution >= 4 is 11.6 Å². The number of furan rings is 1. The molecular weight excluding hydrogens is 272 g/mol. The van der Waals surface area contributed by atoms with Gasteiger partial charge in [-0.05, 0) is 44.0 Å². The van der Waals surface area contributed by atoms with Crippen molar-refractivity contribution in [3.8, 4) is 0 Å². The van der Waals surface area contributed by atoms with Gasteiger partial charge in [0.15, 0.2) is 0 Å². The van der Waals surface area contributed by atoms with Gasteiger partial charge >= 0.3 is 0 Å². The second-order valence-electron chi connectivity index (χ2n) is 4.97. The third-order valence-corrected chi connectivity index (χ3v) is 3.16. The zero-order chi connectivity index (χ0) is 15.4. The Kier molecular flexibility index (Phi) is 4.37. The fourth-order valence-electron chi connectivity index (χ4n) is 2.12. The molecule has 0 spiro atoms. The lowest BCUT2D eigenvalue weighted by Crippen LogP contribution is -2.34. The third kappa shape index (κ3) is 3.68. The van der Waals surface area contributed by atoms with Gasteiger partial charge in [0.2, 0.25) is 0 Å². The summed E-state index contributed by atoms with van der Waals surface area (Å²) in [6.45, 7) is 3.51. The van der Waals surface area contributed by atoms with Crippen LogP contribution >= 0.6 is 0 Å². The maximum absolute atomic E-state index is 12.1. The van der Waals surface area contributed by atoms with Crippen molar-refractivity contribution in [3.63, 3.8) is 0 Å². The van der Waals surface area contributed by atoms with E-state index in [4.69, 9.17) is 4.42 Å². The van der Waals surface area contributed by atoms with Gasteiger partial charge in [0, 0.05) is 23.2 Å². The SMILES string of the molecule is Cc1cc(C(=O)NC(C)Cc2ccoc2)ccc1[N+](=O)[O-]. The van der Waals surface area contributed by atoms with Gasteiger partial charge < -0.3 is 9.73 Å². The molecule has 1 atom stereocenters. The average Bonchev–Trinajstić information content (AvgIpc) is 2.90. The molecule has 2 aromatic rings. The molecule has 110 valence electrons. The lowest BCUT2D eigenvalue weighted by Gasteiger charge is -2.13. The normalized spacial score (nSPS) is 11.9. The summed E-state index contributed by atoms with van der Waals surface area (Å²) in [4.78, 5) is 22.4. The molecule has 0 saturated heterocycles. The predicted molar refractivity (Wildman–Crippen MR) is 77.2 cm³/mol. The van der Waals surface area contributed by atoms with Crippen LogP contribution in [0.3, 0.4) is 0 Å². The van der Waals surface area contributed by atoms with Gasteiger partial charge in [-0.2, -0.15) is 0 Å². The molecule has 1 heterocycles. The number of hydrogen-bond acceptors (Lipinski definition) is 4. The quantitative estimate of drug-likeness (QED) is 0.677. The minimum atomic E-state index is -0.460. The third-order valence-electron chi connectivity index (χ3n) is 3.16. The van der Waals surface area contributed by atoms with Crippen LogP contribution in [0.2, 0.25) is 0 Å². The smallest absolute Gasteiger partial charge is 0.272 e. The highest BCUT2D eigenvalue weighted by atomic mass is 16.6. The molecule has 1 aromatic carbocycles. The molecule has 1 N–H and O–H groups in total. The monoisotopic (exact) mass is 288 g/mol. The van der Waals surface area contributed by atoms with Crippen molar-refractivity contribution in [2.75, 3.05) is 0 Å². The molecule has 1 unspecified atom stereocenters. The summed E-state index contributed by atoms with van der Waals surface area (Å²) >= 11 is 0. The van der Waals surface area contributed by atoms with Gasteiger partial charge in [0.1, 0.15) is 0 Å². The summed E-state index contributed by atoms with van der Waals surface area (Å²) in [5.74, 6) is -0.246. The minimum absolute atomic E-state index is 0.0120. The number of nitrogens with one attached hydrogen (secondary N) is 1. The van der Waals surface area contributed by atoms with Crippen molar-refractivity contribution in [3.05, 3.63) is 63.6 Å². The van der Waals surface area contributed by atoms with Gasteiger partial charge in [-0.1, -0.05) is 0 Å². The van der Waals surface area contributed by atoms with Crippen LogP contribution in [-0.4, -0.2) is 16.9 Å². The zero-order valence-corrected chi connectivity index (χ0v) is 11.8. The van der Waals surface area contributed by atoms with Crippen molar-refractivity contribution in [2.24, 2.45) is 0 Å². The Bertz CT molecular complexity index is 650. The number of hydrogen-bond donors (Lipinski definition) is 1. The molecule has 2 rings (SSSR count). The first-order valence-electron chi connectivity index (χ1n) is 6.54. The van der Waals surface area contributed by atoms with E-state index >= 15 is 0 Å². The largest absolute Gasteiger partial charge is 0.472 e. The summed E-state index contributed by atoms with van der Waals surface area (Å²) in [6, 6.07) is 6.12. The molecule has 0 aliphatic rings. The van der Waals surface area contributed by atoms with Gasteiger partial charge in [-0.15, -0.1) is 0 Å². The second kappa shape index (κ2) is 6.21. The van der Waals surface area contributed by atoms with Crippen LogP contribution in [0.25, 0.3) is 0 Å². The van der Waals surface area contributed by atoms with E-state index in [1.165, 1.54) is 18.2 Å². The van der Waals surface area contributed by atoms with Crippen LogP contribution in [0.4, 0.5) is 5.69 Å². The summed E-state index contributed by atoms with van der Waals surface area (Å²) in [7, 11) is 0. The minimum Gasteiger partial charge on any atom is -0.472 e. The Morgan fingerprint density at radius 3 is 2.76 bits per heavy atom. The van der Waals surface area contributed by atoms with Crippen molar-refractivity contribution < 1.29 is 14.1 Å². The van der Waals surface area contributed by atoms with Gasteiger partial charge in [-0.25, -0.2) is 0 Å². The van der Waals surface area contributed by atoms with E-state index in [-0.39, 0.29) is 17.6 Å². The van der Waals surface area contributed by atoms with E-state index in [0.717, 1.165) is 5.56 Å². The van der Waals surface area contributed by atoms with E-state index in [0.29, 0.717) is 17.5 Å². The predicted octanol–water partition coefficient (Wildman–Crippen LogP) is 2.86. The Labute approximate surface area is 121 Å². The van der Waals surface area contributed by atoms with Crippen molar-refractivity contribution in [1.29, 1.82) is 0 Å². The Balaban J connectivity index is 2.03. The van der Waals surface area contributed by atoms with E-state index in [2.05, 4.69) is 5.32 Å². The first-order valence-corrected chi connectivity index (χ1v) is 6.54. The number of amides is 1. The van der Waals surface area contributed by atoms with Crippen LogP contribution in [-0.2, 0) is 6.42 Å². The fraction of sp³-hybridized carbons (Fsp3) is 0.267. The Hall–Kier alpha value is -2.63. The average molecular weight is 288 g/mol. The maximum atomic E-state index is 12.1. The molecule has 0 aliphatic carbocycles. The number of carbonyl (C=O) groups is 1. The van der Waals surface area contributed by atoms with E-state index in [1.807, 2.05) is 13.0 Å². The van der Waals surface area contributed by atoms with Crippen LogP contribution in [0.15, 0.2) is 41.2 Å². The van der Waals surface area contributed by atoms with E-state index in [1.54, 1.807) is 19.5 Å². The van der Waals surface area contributed by atoms with Gasteiger partial charge in [0.25, 0.3) is 11.6 Å². The number of rotatable bonds is 5. The molecule has 0 aliphatic heterocycles. The van der Waals surface area contributed by atoms with Crippen LogP contribution in [0, 0.1) is 17.0 Å². The van der Waals surface area contributed by atoms with Crippen LogP contribution in [0.1, 0.15) is 28.4 Å². The standard InChI is InChI=1S/C15H16N2O4/c1-10-7-13(3-4-14(10)17(19)20)15(18)16-11(2)8-12-5-6-21-9-12/h3-7,9,11H,8H2,1-2H3,(H,16,18). The summed E-state index contributed by atoms with van der Waals surface area (Å²) < 4.78 is 4.98. The summed E-state index contributed by atoms with van der Waals surface area (Å²) in [5.41, 5.74) is 1.90. The highest BCUT2D eigenvalue weighted by Crippen LogP contribution is 2.18. The Morgan fingerprint density at radius 1 is 1.43 bits per heavy atom. The number of nitrogens with zero attached hydrogens (tertiary/aromatic N) is 1. The Morgan fingerprint density at radius 2 is 2.19 bits per heavy atom. The number of carbonyl (C=O) groups excluding carboxylic acids is 1. The van der Waals surface area contributed by atoms with Crippen molar-refractivity contribution in [2.45, 2.75) is 26.3 Å². The maximum Gasteiger partial charge on any atom is 0.272 e. The van der Waals surface area contributed by atoms with Crippen LogP contribution in [0.5, 0.6) is 0 Å². The second-order valence-corrected chi connectivity index (χ2v) is 4.97. The molecule has 0 fully saturated rings. The zero-order valence-electron chi connectivity index (χ0n) is 11.8. The number of nitro groups is 1. The highest BCUT2D eigenvalue weighted by Gasteiger charge is 2.15. The van der Waals surface area contributed by atoms with Gasteiger partial charge in [0.05, 0.1) is 17.4 Å². The molecule has 21 heavy (non-hydrogen) atoms.